The first-order chi connectivity index (χ1) is 19.2. The third-order valence-electron chi connectivity index (χ3n) is 6.81. The molecule has 3 N–H and O–H groups in total. The number of nitrogens with two attached hydrogens (primary N) is 1. The summed E-state index contributed by atoms with van der Waals surface area (Å²) in [6.45, 7) is 13.0. The smallest absolute Gasteiger partial charge is 0.394 e. The van der Waals surface area contributed by atoms with Gasteiger partial charge in [-0.3, -0.25) is 19.4 Å². The van der Waals surface area contributed by atoms with Crippen LogP contribution in [0.2, 0.25) is 0 Å². The molecule has 41 heavy (non-hydrogen) atoms. The number of allylic oxidation sites excluding steroid dienone is 1. The second kappa shape index (κ2) is 22.5. The molecule has 226 valence electrons. The van der Waals surface area contributed by atoms with Gasteiger partial charge in [0.1, 0.15) is 12.3 Å². The van der Waals surface area contributed by atoms with E-state index in [4.69, 9.17) is 10.8 Å². The molecule has 1 saturated carbocycles. The van der Waals surface area contributed by atoms with Crippen LogP contribution in [-0.4, -0.2) is 77.5 Å². The molecule has 1 aliphatic heterocycles. The maximum atomic E-state index is 12.6. The van der Waals surface area contributed by atoms with E-state index in [1.54, 1.807) is 4.90 Å². The third-order valence-corrected chi connectivity index (χ3v) is 6.81. The Hall–Kier alpha value is -2.08. The number of nitrogens with zero attached hydrogens (tertiary/aromatic N) is 3. The quantitative estimate of drug-likeness (QED) is 0.218. The number of aliphatic hydroxyl groups excluding tert-OH is 1. The number of aliphatic hydroxyl groups is 1. The van der Waals surface area contributed by atoms with E-state index in [0.29, 0.717) is 32.6 Å². The minimum atomic E-state index is -0.518. The molecule has 1 heterocycles. The number of unbranched alkanes of at least 4 members (excludes halogenated alkanes) is 5. The van der Waals surface area contributed by atoms with Crippen molar-refractivity contribution in [1.82, 2.24) is 9.80 Å². The molecule has 2 aliphatic rings. The minimum Gasteiger partial charge on any atom is -0.394 e. The summed E-state index contributed by atoms with van der Waals surface area (Å²) >= 11 is 0. The van der Waals surface area contributed by atoms with Gasteiger partial charge in [0, 0.05) is 37.5 Å². The molecule has 0 radical (unpaired) electrons. The topological polar surface area (TPSA) is 116 Å². The van der Waals surface area contributed by atoms with E-state index in [2.05, 4.69) is 45.2 Å². The van der Waals surface area contributed by atoms with E-state index < -0.39 is 6.61 Å². The number of carbonyl (C=O) groups excluding carboxylic acids is 3. The van der Waals surface area contributed by atoms with Gasteiger partial charge in [-0.1, -0.05) is 46.1 Å². The van der Waals surface area contributed by atoms with E-state index in [0.717, 1.165) is 29.7 Å². The van der Waals surface area contributed by atoms with Gasteiger partial charge in [-0.25, -0.2) is 0 Å². The number of benzene rings is 1. The summed E-state index contributed by atoms with van der Waals surface area (Å²) in [6, 6.07) is 8.08. The van der Waals surface area contributed by atoms with E-state index in [1.807, 2.05) is 18.2 Å². The summed E-state index contributed by atoms with van der Waals surface area (Å²) < 4.78 is 0. The summed E-state index contributed by atoms with van der Waals surface area (Å²) in [5.41, 5.74) is 10.1. The molecule has 0 aromatic heterocycles. The van der Waals surface area contributed by atoms with Crippen LogP contribution in [0.1, 0.15) is 83.3 Å². The second-order valence-corrected chi connectivity index (χ2v) is 10.2. The van der Waals surface area contributed by atoms with Gasteiger partial charge in [0.2, 0.25) is 5.91 Å². The molecule has 1 aliphatic carbocycles. The SMILES string of the molecule is CC(=O)CN=C1CCC/C1=C(/N)C(=O)N1CCN(C(=O)CO)CC1.CCC[CH-]CCCC.[CH2-]c1ccccc1C.[U+2]. The van der Waals surface area contributed by atoms with Crippen molar-refractivity contribution in [2.24, 2.45) is 10.7 Å². The van der Waals surface area contributed by atoms with Crippen LogP contribution in [0, 0.1) is 51.4 Å². The molecule has 9 heteroatoms. The number of hydrogen-bond acceptors (Lipinski definition) is 6. The summed E-state index contributed by atoms with van der Waals surface area (Å²) in [4.78, 5) is 42.5. The number of carbonyl (C=O) groups is 3. The predicted molar refractivity (Wildman–Crippen MR) is 163 cm³/mol. The minimum absolute atomic E-state index is 0. The van der Waals surface area contributed by atoms with Crippen molar-refractivity contribution >= 4 is 23.3 Å². The Balaban J connectivity index is 0.000000770. The zero-order valence-corrected chi connectivity index (χ0v) is 29.7. The van der Waals surface area contributed by atoms with Gasteiger partial charge in [0.15, 0.2) is 5.78 Å². The van der Waals surface area contributed by atoms with Crippen molar-refractivity contribution in [1.29, 1.82) is 0 Å². The van der Waals surface area contributed by atoms with Gasteiger partial charge in [-0.2, -0.15) is 37.0 Å². The summed E-state index contributed by atoms with van der Waals surface area (Å²) in [6.07, 6.45) is 11.3. The van der Waals surface area contributed by atoms with Gasteiger partial charge < -0.3 is 27.1 Å². The van der Waals surface area contributed by atoms with Gasteiger partial charge in [-0.05, 0) is 26.2 Å². The van der Waals surface area contributed by atoms with Gasteiger partial charge in [0.05, 0.1) is 6.54 Å². The Kier molecular flexibility index (Phi) is 21.4. The third kappa shape index (κ3) is 15.1. The Morgan fingerprint density at radius 2 is 1.66 bits per heavy atom. The second-order valence-electron chi connectivity index (χ2n) is 10.2. The zero-order chi connectivity index (χ0) is 29.9. The number of Topliss-reactive ketones (excluding diaryl/α,β-unsaturated/α-hetero) is 1. The molecular formula is C32H50N4O4U. The van der Waals surface area contributed by atoms with Gasteiger partial charge >= 0.3 is 31.1 Å². The Morgan fingerprint density at radius 3 is 2.17 bits per heavy atom. The summed E-state index contributed by atoms with van der Waals surface area (Å²) in [5.74, 6) is -0.607. The van der Waals surface area contributed by atoms with E-state index in [9.17, 15) is 14.4 Å². The fraction of sp³-hybridized carbons (Fsp3) is 0.562. The average Bonchev–Trinajstić information content (AvgIpc) is 3.44. The van der Waals surface area contributed by atoms with Crippen molar-refractivity contribution in [3.8, 4) is 0 Å². The van der Waals surface area contributed by atoms with Gasteiger partial charge in [0.25, 0.3) is 5.91 Å². The number of ketones is 1. The zero-order valence-electron chi connectivity index (χ0n) is 25.6. The molecule has 8 nitrogen and oxygen atoms in total. The maximum Gasteiger partial charge on any atom is 2.00 e. The molecule has 0 bridgehead atoms. The van der Waals surface area contributed by atoms with Crippen LogP contribution in [0.4, 0.5) is 0 Å². The van der Waals surface area contributed by atoms with Gasteiger partial charge in [-0.15, -0.1) is 12.1 Å². The number of piperazine rings is 1. The molecule has 2 fully saturated rings. The van der Waals surface area contributed by atoms with Crippen LogP contribution < -0.4 is 5.73 Å². The normalized spacial score (nSPS) is 16.6. The van der Waals surface area contributed by atoms with Crippen LogP contribution >= 0.6 is 0 Å². The molecule has 1 aromatic carbocycles. The Bertz CT molecular complexity index is 974. The van der Waals surface area contributed by atoms with E-state index >= 15 is 0 Å². The molecule has 1 aromatic rings. The largest absolute Gasteiger partial charge is 2.00 e. The fourth-order valence-electron chi connectivity index (χ4n) is 4.26. The Labute approximate surface area is 271 Å². The number of aryl methyl sites for hydroxylation is 1. The molecule has 0 spiro atoms. The van der Waals surface area contributed by atoms with Crippen molar-refractivity contribution in [3.63, 3.8) is 0 Å². The molecule has 1 saturated heterocycles. The fourth-order valence-corrected chi connectivity index (χ4v) is 4.26. The average molecular weight is 793 g/mol. The molecule has 0 unspecified atom stereocenters. The van der Waals surface area contributed by atoms with Crippen molar-refractivity contribution in [2.45, 2.75) is 79.1 Å². The first-order valence-electron chi connectivity index (χ1n) is 14.5. The van der Waals surface area contributed by atoms with E-state index in [-0.39, 0.29) is 61.0 Å². The number of aliphatic imine (C=N–C) groups is 1. The van der Waals surface area contributed by atoms with Crippen LogP contribution in [0.15, 0.2) is 40.5 Å². The first kappa shape index (κ1) is 38.9. The van der Waals surface area contributed by atoms with Crippen LogP contribution in [0.5, 0.6) is 0 Å². The van der Waals surface area contributed by atoms with Crippen LogP contribution in [-0.2, 0) is 14.4 Å². The number of amides is 2. The number of rotatable bonds is 9. The van der Waals surface area contributed by atoms with Crippen LogP contribution in [0.25, 0.3) is 0 Å². The van der Waals surface area contributed by atoms with Crippen molar-refractivity contribution in [2.75, 3.05) is 39.3 Å². The Morgan fingerprint density at radius 1 is 1.02 bits per heavy atom. The van der Waals surface area contributed by atoms with E-state index in [1.165, 1.54) is 49.5 Å². The molecule has 3 rings (SSSR count). The predicted octanol–water partition coefficient (Wildman–Crippen LogP) is 4.43. The molecule has 0 atom stereocenters. The molecular weight excluding hydrogens is 742 g/mol. The first-order valence-corrected chi connectivity index (χ1v) is 14.5. The summed E-state index contributed by atoms with van der Waals surface area (Å²) in [7, 11) is 0. The molecule has 2 amide bonds. The van der Waals surface area contributed by atoms with Crippen molar-refractivity contribution < 1.29 is 50.6 Å². The standard InChI is InChI=1S/C16H24N4O4.C8H9.C8H17.U/c1-11(22)9-18-13-4-2-3-12(13)15(17)16(24)20-7-5-19(6-8-20)14(23)10-21;1-7-5-3-4-6-8(7)2;1-3-5-7-8-6-4-2;/h21H,2-10,17H2,1H3;3-6H,1H2,2H3;7H,3-6,8H2,1-2H3;/q;2*-1;+2/b15-12-,18-13?;;;. The maximum absolute atomic E-state index is 12.6. The monoisotopic (exact) mass is 792 g/mol. The van der Waals surface area contributed by atoms with Crippen molar-refractivity contribution in [3.05, 3.63) is 60.0 Å². The summed E-state index contributed by atoms with van der Waals surface area (Å²) in [5, 5.41) is 8.88. The van der Waals surface area contributed by atoms with Crippen LogP contribution in [0.3, 0.4) is 0 Å². The number of hydrogen-bond donors (Lipinski definition) is 2.